The normalized spacial score (nSPS) is 18.1. The smallest absolute Gasteiger partial charge is 0.338 e. The van der Waals surface area contributed by atoms with Crippen LogP contribution in [-0.4, -0.2) is 23.5 Å². The number of hydrogen-bond donors (Lipinski definition) is 0. The molecule has 0 saturated carbocycles. The van der Waals surface area contributed by atoms with Gasteiger partial charge in [0.15, 0.2) is 0 Å². The summed E-state index contributed by atoms with van der Waals surface area (Å²) in [7, 11) is 0. The summed E-state index contributed by atoms with van der Waals surface area (Å²) in [5, 5.41) is 0. The number of hydrogen-bond acceptors (Lipinski definition) is 3. The second-order valence-corrected chi connectivity index (χ2v) is 7.50. The number of esters is 1. The van der Waals surface area contributed by atoms with Crippen molar-refractivity contribution in [3.8, 4) is 0 Å². The first-order valence-corrected chi connectivity index (χ1v) is 9.64. The van der Waals surface area contributed by atoms with Crippen LogP contribution < -0.4 is 0 Å². The van der Waals surface area contributed by atoms with Crippen molar-refractivity contribution in [3.63, 3.8) is 0 Å². The number of benzene rings is 2. The average Bonchev–Trinajstić information content (AvgIpc) is 2.63. The molecule has 1 fully saturated rings. The van der Waals surface area contributed by atoms with Crippen LogP contribution in [0.2, 0.25) is 0 Å². The van der Waals surface area contributed by atoms with Gasteiger partial charge in [0.2, 0.25) is 0 Å². The molecule has 0 spiro atoms. The van der Waals surface area contributed by atoms with E-state index in [0.29, 0.717) is 11.6 Å². The summed E-state index contributed by atoms with van der Waals surface area (Å²) in [5.74, 6) is -0.223. The predicted octanol–water partition coefficient (Wildman–Crippen LogP) is 5.29. The summed E-state index contributed by atoms with van der Waals surface area (Å²) in [4.78, 5) is 15.0. The zero-order valence-electron chi connectivity index (χ0n) is 16.1. The highest BCUT2D eigenvalue weighted by molar-refractivity contribution is 5.91. The van der Waals surface area contributed by atoms with Crippen LogP contribution in [0, 0.1) is 6.92 Å². The monoisotopic (exact) mass is 351 g/mol. The SMILES string of the molecule is Cc1ccc(C2CCCCN2Cc2ccccc2C(=O)OC(C)C)cc1. The van der Waals surface area contributed by atoms with E-state index < -0.39 is 0 Å². The molecule has 2 aromatic rings. The molecule has 0 bridgehead atoms. The van der Waals surface area contributed by atoms with Gasteiger partial charge in [-0.3, -0.25) is 4.90 Å². The van der Waals surface area contributed by atoms with Crippen molar-refractivity contribution in [1.82, 2.24) is 4.90 Å². The molecular weight excluding hydrogens is 322 g/mol. The molecule has 1 heterocycles. The number of ether oxygens (including phenoxy) is 1. The van der Waals surface area contributed by atoms with Gasteiger partial charge in [0.25, 0.3) is 0 Å². The number of carbonyl (C=O) groups is 1. The number of rotatable bonds is 5. The van der Waals surface area contributed by atoms with Crippen LogP contribution in [0.15, 0.2) is 48.5 Å². The molecule has 3 rings (SSSR count). The van der Waals surface area contributed by atoms with Gasteiger partial charge in [0, 0.05) is 12.6 Å². The summed E-state index contributed by atoms with van der Waals surface area (Å²) >= 11 is 0. The minimum absolute atomic E-state index is 0.106. The topological polar surface area (TPSA) is 29.5 Å². The van der Waals surface area contributed by atoms with E-state index in [-0.39, 0.29) is 12.1 Å². The first-order valence-electron chi connectivity index (χ1n) is 9.64. The largest absolute Gasteiger partial charge is 0.459 e. The van der Waals surface area contributed by atoms with E-state index in [1.807, 2.05) is 32.0 Å². The average molecular weight is 351 g/mol. The van der Waals surface area contributed by atoms with Gasteiger partial charge in [-0.25, -0.2) is 4.79 Å². The van der Waals surface area contributed by atoms with Crippen molar-refractivity contribution in [2.24, 2.45) is 0 Å². The minimum atomic E-state index is -0.223. The molecule has 0 radical (unpaired) electrons. The van der Waals surface area contributed by atoms with Gasteiger partial charge in [0.05, 0.1) is 11.7 Å². The van der Waals surface area contributed by atoms with E-state index in [1.54, 1.807) is 0 Å². The van der Waals surface area contributed by atoms with Gasteiger partial charge in [-0.05, 0) is 57.4 Å². The standard InChI is InChI=1S/C23H29NO2/c1-17(2)26-23(25)21-9-5-4-8-20(21)16-24-15-7-6-10-22(24)19-13-11-18(3)12-14-19/h4-5,8-9,11-14,17,22H,6-7,10,15-16H2,1-3H3. The third-order valence-electron chi connectivity index (χ3n) is 5.03. The number of aryl methyl sites for hydroxylation is 1. The molecule has 3 heteroatoms. The Kier molecular flexibility index (Phi) is 6.10. The molecular formula is C23H29NO2. The maximum atomic E-state index is 12.5. The maximum Gasteiger partial charge on any atom is 0.338 e. The van der Waals surface area contributed by atoms with E-state index in [2.05, 4.69) is 42.2 Å². The molecule has 1 aliphatic heterocycles. The highest BCUT2D eigenvalue weighted by atomic mass is 16.5. The summed E-state index contributed by atoms with van der Waals surface area (Å²) in [5.41, 5.74) is 4.40. The number of nitrogens with zero attached hydrogens (tertiary/aromatic N) is 1. The summed E-state index contributed by atoms with van der Waals surface area (Å²) in [6.07, 6.45) is 3.53. The quantitative estimate of drug-likeness (QED) is 0.686. The lowest BCUT2D eigenvalue weighted by Crippen LogP contribution is -2.33. The van der Waals surface area contributed by atoms with Gasteiger partial charge in [-0.15, -0.1) is 0 Å². The molecule has 1 saturated heterocycles. The van der Waals surface area contributed by atoms with Crippen molar-refractivity contribution in [3.05, 3.63) is 70.8 Å². The Hall–Kier alpha value is -2.13. The van der Waals surface area contributed by atoms with Crippen molar-refractivity contribution in [2.45, 2.75) is 58.7 Å². The fourth-order valence-corrected chi connectivity index (χ4v) is 3.70. The second-order valence-electron chi connectivity index (χ2n) is 7.50. The van der Waals surface area contributed by atoms with Crippen LogP contribution >= 0.6 is 0 Å². The fraction of sp³-hybridized carbons (Fsp3) is 0.435. The summed E-state index contributed by atoms with van der Waals surface area (Å²) in [6, 6.07) is 17.1. The molecule has 1 aliphatic rings. The predicted molar refractivity (Wildman–Crippen MR) is 105 cm³/mol. The molecule has 26 heavy (non-hydrogen) atoms. The van der Waals surface area contributed by atoms with Gasteiger partial charge < -0.3 is 4.74 Å². The minimum Gasteiger partial charge on any atom is -0.459 e. The van der Waals surface area contributed by atoms with Gasteiger partial charge in [-0.1, -0.05) is 54.4 Å². The highest BCUT2D eigenvalue weighted by Crippen LogP contribution is 2.32. The lowest BCUT2D eigenvalue weighted by atomic mass is 9.93. The Morgan fingerprint density at radius 1 is 1.12 bits per heavy atom. The van der Waals surface area contributed by atoms with Crippen LogP contribution in [0.4, 0.5) is 0 Å². The summed E-state index contributed by atoms with van der Waals surface area (Å²) < 4.78 is 5.43. The zero-order chi connectivity index (χ0) is 18.5. The van der Waals surface area contributed by atoms with Crippen LogP contribution in [-0.2, 0) is 11.3 Å². The first kappa shape index (κ1) is 18.7. The van der Waals surface area contributed by atoms with E-state index >= 15 is 0 Å². The molecule has 1 unspecified atom stereocenters. The second kappa shape index (κ2) is 8.50. The fourth-order valence-electron chi connectivity index (χ4n) is 3.70. The van der Waals surface area contributed by atoms with Gasteiger partial charge >= 0.3 is 5.97 Å². The third-order valence-corrected chi connectivity index (χ3v) is 5.03. The lowest BCUT2D eigenvalue weighted by Gasteiger charge is -2.36. The molecule has 0 aromatic heterocycles. The van der Waals surface area contributed by atoms with E-state index in [1.165, 1.54) is 30.4 Å². The van der Waals surface area contributed by atoms with E-state index in [9.17, 15) is 4.79 Å². The van der Waals surface area contributed by atoms with Crippen molar-refractivity contribution >= 4 is 5.97 Å². The summed E-state index contributed by atoms with van der Waals surface area (Å²) in [6.45, 7) is 7.74. The Morgan fingerprint density at radius 3 is 2.58 bits per heavy atom. The molecule has 1 atom stereocenters. The van der Waals surface area contributed by atoms with Crippen LogP contribution in [0.3, 0.4) is 0 Å². The zero-order valence-corrected chi connectivity index (χ0v) is 16.1. The van der Waals surface area contributed by atoms with Crippen LogP contribution in [0.5, 0.6) is 0 Å². The maximum absolute atomic E-state index is 12.5. The van der Waals surface area contributed by atoms with E-state index in [4.69, 9.17) is 4.74 Å². The van der Waals surface area contributed by atoms with Crippen LogP contribution in [0.1, 0.15) is 66.2 Å². The molecule has 0 amide bonds. The number of piperidine rings is 1. The number of carbonyl (C=O) groups excluding carboxylic acids is 1. The van der Waals surface area contributed by atoms with Crippen molar-refractivity contribution in [1.29, 1.82) is 0 Å². The molecule has 0 aliphatic carbocycles. The van der Waals surface area contributed by atoms with Crippen molar-refractivity contribution < 1.29 is 9.53 Å². The third kappa shape index (κ3) is 4.53. The molecule has 3 nitrogen and oxygen atoms in total. The first-order chi connectivity index (χ1) is 12.5. The molecule has 0 N–H and O–H groups in total. The highest BCUT2D eigenvalue weighted by Gasteiger charge is 2.25. The lowest BCUT2D eigenvalue weighted by molar-refractivity contribution is 0.0374. The molecule has 2 aromatic carbocycles. The van der Waals surface area contributed by atoms with E-state index in [0.717, 1.165) is 18.7 Å². The Labute approximate surface area is 157 Å². The van der Waals surface area contributed by atoms with Gasteiger partial charge in [0.1, 0.15) is 0 Å². The van der Waals surface area contributed by atoms with Crippen molar-refractivity contribution in [2.75, 3.05) is 6.54 Å². The Bertz CT molecular complexity index is 736. The Morgan fingerprint density at radius 2 is 1.85 bits per heavy atom. The Balaban J connectivity index is 1.82. The van der Waals surface area contributed by atoms with Crippen LogP contribution in [0.25, 0.3) is 0 Å². The number of likely N-dealkylation sites (tertiary alicyclic amines) is 1. The van der Waals surface area contributed by atoms with Gasteiger partial charge in [-0.2, -0.15) is 0 Å². The molecule has 138 valence electrons.